The van der Waals surface area contributed by atoms with Gasteiger partial charge in [0.1, 0.15) is 5.82 Å². The quantitative estimate of drug-likeness (QED) is 0.624. The van der Waals surface area contributed by atoms with Crippen molar-refractivity contribution in [1.29, 1.82) is 0 Å². The van der Waals surface area contributed by atoms with Gasteiger partial charge in [-0.15, -0.1) is 0 Å². The van der Waals surface area contributed by atoms with E-state index in [9.17, 15) is 22.4 Å². The Morgan fingerprint density at radius 3 is 2.62 bits per heavy atom. The third-order valence-electron chi connectivity index (χ3n) is 3.97. The molecule has 0 aliphatic carbocycles. The highest BCUT2D eigenvalue weighted by Crippen LogP contribution is 2.19. The SMILES string of the molecule is CC(OC(=O)c1ccc(F)cc1N)C(=O)N(C)C1CCS(=O)(=O)C1. The number of sulfone groups is 1. The summed E-state index contributed by atoms with van der Waals surface area (Å²) in [5.41, 5.74) is 5.43. The van der Waals surface area contributed by atoms with Gasteiger partial charge in [-0.2, -0.15) is 0 Å². The molecule has 2 N–H and O–H groups in total. The van der Waals surface area contributed by atoms with Crippen LogP contribution >= 0.6 is 0 Å². The molecule has 132 valence electrons. The molecule has 0 bridgehead atoms. The number of nitrogens with two attached hydrogens (primary N) is 1. The van der Waals surface area contributed by atoms with Gasteiger partial charge in [-0.05, 0) is 31.5 Å². The minimum absolute atomic E-state index is 0.0373. The number of halogens is 1. The molecule has 1 saturated heterocycles. The molecule has 0 radical (unpaired) electrons. The summed E-state index contributed by atoms with van der Waals surface area (Å²) in [6.07, 6.45) is -0.758. The monoisotopic (exact) mass is 358 g/mol. The Kier molecular flexibility index (Phi) is 5.12. The average Bonchev–Trinajstić information content (AvgIpc) is 2.85. The summed E-state index contributed by atoms with van der Waals surface area (Å²) in [4.78, 5) is 25.6. The number of benzene rings is 1. The fourth-order valence-electron chi connectivity index (χ4n) is 2.54. The summed E-state index contributed by atoms with van der Waals surface area (Å²) in [5.74, 6) is -2.00. The van der Waals surface area contributed by atoms with Gasteiger partial charge in [0, 0.05) is 18.8 Å². The van der Waals surface area contributed by atoms with Gasteiger partial charge in [-0.1, -0.05) is 0 Å². The maximum Gasteiger partial charge on any atom is 0.341 e. The zero-order chi connectivity index (χ0) is 18.1. The number of esters is 1. The topological polar surface area (TPSA) is 107 Å². The van der Waals surface area contributed by atoms with Crippen LogP contribution in [0.4, 0.5) is 10.1 Å². The molecule has 1 amide bonds. The number of rotatable bonds is 4. The highest BCUT2D eigenvalue weighted by Gasteiger charge is 2.35. The minimum atomic E-state index is -3.13. The molecule has 0 spiro atoms. The number of nitrogen functional groups attached to an aromatic ring is 1. The third kappa shape index (κ3) is 4.02. The first kappa shape index (κ1) is 18.2. The largest absolute Gasteiger partial charge is 0.449 e. The van der Waals surface area contributed by atoms with Crippen LogP contribution in [-0.4, -0.2) is 55.9 Å². The molecule has 2 rings (SSSR count). The number of hydrogen-bond donors (Lipinski definition) is 1. The first-order valence-electron chi connectivity index (χ1n) is 7.34. The normalized spacial score (nSPS) is 20.4. The summed E-state index contributed by atoms with van der Waals surface area (Å²) < 4.78 is 41.1. The molecule has 1 aliphatic heterocycles. The van der Waals surface area contributed by atoms with E-state index in [-0.39, 0.29) is 22.8 Å². The van der Waals surface area contributed by atoms with E-state index in [4.69, 9.17) is 10.5 Å². The van der Waals surface area contributed by atoms with Crippen molar-refractivity contribution >= 4 is 27.4 Å². The van der Waals surface area contributed by atoms with Gasteiger partial charge in [-0.25, -0.2) is 17.6 Å². The number of amides is 1. The van der Waals surface area contributed by atoms with Crippen molar-refractivity contribution in [3.05, 3.63) is 29.6 Å². The molecule has 2 atom stereocenters. The van der Waals surface area contributed by atoms with Crippen LogP contribution in [0.25, 0.3) is 0 Å². The van der Waals surface area contributed by atoms with Crippen molar-refractivity contribution in [1.82, 2.24) is 4.90 Å². The van der Waals surface area contributed by atoms with E-state index < -0.39 is 39.7 Å². The van der Waals surface area contributed by atoms with E-state index in [0.717, 1.165) is 12.1 Å². The van der Waals surface area contributed by atoms with E-state index in [1.165, 1.54) is 24.9 Å². The van der Waals surface area contributed by atoms with Crippen molar-refractivity contribution in [3.8, 4) is 0 Å². The van der Waals surface area contributed by atoms with Gasteiger partial charge in [0.25, 0.3) is 5.91 Å². The van der Waals surface area contributed by atoms with Crippen molar-refractivity contribution in [2.24, 2.45) is 0 Å². The third-order valence-corrected chi connectivity index (χ3v) is 5.72. The molecule has 0 aromatic heterocycles. The predicted molar refractivity (Wildman–Crippen MR) is 85.5 cm³/mol. The maximum absolute atomic E-state index is 13.0. The minimum Gasteiger partial charge on any atom is -0.449 e. The Balaban J connectivity index is 2.02. The molecule has 1 heterocycles. The number of carbonyl (C=O) groups excluding carboxylic acids is 2. The number of anilines is 1. The molecule has 0 saturated carbocycles. The predicted octanol–water partition coefficient (Wildman–Crippen LogP) is 0.599. The number of carbonyl (C=O) groups is 2. The van der Waals surface area contributed by atoms with Crippen LogP contribution in [-0.2, 0) is 19.4 Å². The second-order valence-corrected chi connectivity index (χ2v) is 8.01. The van der Waals surface area contributed by atoms with E-state index in [0.29, 0.717) is 6.42 Å². The molecule has 1 aromatic carbocycles. The summed E-state index contributed by atoms with van der Waals surface area (Å²) >= 11 is 0. The zero-order valence-corrected chi connectivity index (χ0v) is 14.2. The van der Waals surface area contributed by atoms with Gasteiger partial charge < -0.3 is 15.4 Å². The molecular weight excluding hydrogens is 339 g/mol. The Morgan fingerprint density at radius 1 is 1.42 bits per heavy atom. The van der Waals surface area contributed by atoms with E-state index in [1.807, 2.05) is 0 Å². The first-order chi connectivity index (χ1) is 11.1. The molecule has 7 nitrogen and oxygen atoms in total. The Labute approximate surface area is 139 Å². The summed E-state index contributed by atoms with van der Waals surface area (Å²) in [6.45, 7) is 1.39. The van der Waals surface area contributed by atoms with Crippen LogP contribution < -0.4 is 5.73 Å². The lowest BCUT2D eigenvalue weighted by molar-refractivity contribution is -0.140. The smallest absolute Gasteiger partial charge is 0.341 e. The Hall–Kier alpha value is -2.16. The van der Waals surface area contributed by atoms with E-state index in [1.54, 1.807) is 0 Å². The van der Waals surface area contributed by atoms with Crippen molar-refractivity contribution in [2.75, 3.05) is 24.3 Å². The lowest BCUT2D eigenvalue weighted by Gasteiger charge is -2.26. The lowest BCUT2D eigenvalue weighted by atomic mass is 10.1. The van der Waals surface area contributed by atoms with Gasteiger partial charge in [0.2, 0.25) is 0 Å². The summed E-state index contributed by atoms with van der Waals surface area (Å²) in [6, 6.07) is 2.80. The maximum atomic E-state index is 13.0. The molecule has 24 heavy (non-hydrogen) atoms. The number of ether oxygens (including phenoxy) is 1. The highest BCUT2D eigenvalue weighted by atomic mass is 32.2. The van der Waals surface area contributed by atoms with Crippen LogP contribution in [0.15, 0.2) is 18.2 Å². The van der Waals surface area contributed by atoms with Crippen LogP contribution in [0.2, 0.25) is 0 Å². The van der Waals surface area contributed by atoms with Gasteiger partial charge >= 0.3 is 5.97 Å². The zero-order valence-electron chi connectivity index (χ0n) is 13.4. The number of nitrogens with zero attached hydrogens (tertiary/aromatic N) is 1. The van der Waals surface area contributed by atoms with E-state index >= 15 is 0 Å². The molecule has 2 unspecified atom stereocenters. The standard InChI is InChI=1S/C15H19FN2O5S/c1-9(14(19)18(2)11-5-6-24(21,22)8-11)23-15(20)12-4-3-10(16)7-13(12)17/h3-4,7,9,11H,5-6,8,17H2,1-2H3. The summed E-state index contributed by atoms with van der Waals surface area (Å²) in [5, 5.41) is 0. The van der Waals surface area contributed by atoms with Crippen molar-refractivity contribution in [3.63, 3.8) is 0 Å². The lowest BCUT2D eigenvalue weighted by Crippen LogP contribution is -2.44. The molecule has 1 fully saturated rings. The van der Waals surface area contributed by atoms with Gasteiger partial charge in [0.15, 0.2) is 15.9 Å². The Morgan fingerprint density at radius 2 is 2.08 bits per heavy atom. The second kappa shape index (κ2) is 6.76. The highest BCUT2D eigenvalue weighted by molar-refractivity contribution is 7.91. The van der Waals surface area contributed by atoms with Crippen LogP contribution in [0, 0.1) is 5.82 Å². The molecular formula is C15H19FN2O5S. The first-order valence-corrected chi connectivity index (χ1v) is 9.16. The Bertz CT molecular complexity index is 765. The second-order valence-electron chi connectivity index (χ2n) is 5.79. The number of hydrogen-bond acceptors (Lipinski definition) is 6. The van der Waals surface area contributed by atoms with Gasteiger partial charge in [-0.3, -0.25) is 4.79 Å². The fourth-order valence-corrected chi connectivity index (χ4v) is 4.32. The van der Waals surface area contributed by atoms with Crippen molar-refractivity contribution in [2.45, 2.75) is 25.5 Å². The van der Waals surface area contributed by atoms with Crippen molar-refractivity contribution < 1.29 is 27.1 Å². The molecule has 1 aliphatic rings. The van der Waals surface area contributed by atoms with Crippen LogP contribution in [0.1, 0.15) is 23.7 Å². The molecule has 9 heteroatoms. The van der Waals surface area contributed by atoms with Crippen LogP contribution in [0.3, 0.4) is 0 Å². The van der Waals surface area contributed by atoms with E-state index in [2.05, 4.69) is 0 Å². The van der Waals surface area contributed by atoms with Crippen LogP contribution in [0.5, 0.6) is 0 Å². The summed E-state index contributed by atoms with van der Waals surface area (Å²) in [7, 11) is -1.65. The number of likely N-dealkylation sites (N-methyl/N-ethyl adjacent to an activating group) is 1. The average molecular weight is 358 g/mol. The van der Waals surface area contributed by atoms with Gasteiger partial charge in [0.05, 0.1) is 17.1 Å². The molecule has 1 aromatic rings. The fraction of sp³-hybridized carbons (Fsp3) is 0.467.